The quantitative estimate of drug-likeness (QED) is 0.778. The third kappa shape index (κ3) is 3.57. The summed E-state index contributed by atoms with van der Waals surface area (Å²) >= 11 is 0. The summed E-state index contributed by atoms with van der Waals surface area (Å²) in [7, 11) is 3.20. The van der Waals surface area contributed by atoms with Crippen molar-refractivity contribution in [3.8, 4) is 5.75 Å². The molecule has 18 heavy (non-hydrogen) atoms. The minimum atomic E-state index is -0.352. The average molecular weight is 250 g/mol. The van der Waals surface area contributed by atoms with Crippen molar-refractivity contribution >= 4 is 5.78 Å². The Hall–Kier alpha value is -1.35. The van der Waals surface area contributed by atoms with Crippen LogP contribution in [0, 0.1) is 12.8 Å². The van der Waals surface area contributed by atoms with E-state index in [4.69, 9.17) is 9.47 Å². The molecule has 0 N–H and O–H groups in total. The lowest BCUT2D eigenvalue weighted by atomic mass is 9.96. The van der Waals surface area contributed by atoms with E-state index >= 15 is 0 Å². The summed E-state index contributed by atoms with van der Waals surface area (Å²) in [6, 6.07) is 5.86. The lowest BCUT2D eigenvalue weighted by molar-refractivity contribution is -0.130. The first-order chi connectivity index (χ1) is 8.49. The van der Waals surface area contributed by atoms with Gasteiger partial charge in [0.25, 0.3) is 0 Å². The minimum Gasteiger partial charge on any atom is -0.496 e. The highest BCUT2D eigenvalue weighted by Crippen LogP contribution is 2.22. The molecule has 1 aromatic carbocycles. The van der Waals surface area contributed by atoms with E-state index in [1.165, 1.54) is 0 Å². The number of hydrogen-bond donors (Lipinski definition) is 0. The van der Waals surface area contributed by atoms with Gasteiger partial charge in [0.2, 0.25) is 0 Å². The third-order valence-corrected chi connectivity index (χ3v) is 2.98. The lowest BCUT2D eigenvalue weighted by Gasteiger charge is -2.18. The fourth-order valence-electron chi connectivity index (χ4n) is 2.11. The highest BCUT2D eigenvalue weighted by atomic mass is 16.5. The summed E-state index contributed by atoms with van der Waals surface area (Å²) in [5, 5.41) is 0. The molecule has 0 aliphatic carbocycles. The highest BCUT2D eigenvalue weighted by molar-refractivity contribution is 5.86. The van der Waals surface area contributed by atoms with Gasteiger partial charge >= 0.3 is 0 Å². The Kier molecular flexibility index (Phi) is 5.35. The van der Waals surface area contributed by atoms with Crippen LogP contribution in [-0.2, 0) is 16.0 Å². The van der Waals surface area contributed by atoms with Crippen molar-refractivity contribution in [1.82, 2.24) is 0 Å². The zero-order valence-electron chi connectivity index (χ0n) is 11.8. The molecule has 0 heterocycles. The van der Waals surface area contributed by atoms with Crippen LogP contribution in [0.4, 0.5) is 0 Å². The van der Waals surface area contributed by atoms with Gasteiger partial charge in [0.1, 0.15) is 11.9 Å². The molecule has 1 rings (SSSR count). The molecule has 0 aromatic heterocycles. The van der Waals surface area contributed by atoms with Gasteiger partial charge in [-0.2, -0.15) is 0 Å². The van der Waals surface area contributed by atoms with Crippen LogP contribution in [-0.4, -0.2) is 26.1 Å². The smallest absolute Gasteiger partial charge is 0.166 e. The summed E-state index contributed by atoms with van der Waals surface area (Å²) < 4.78 is 10.5. The first-order valence-corrected chi connectivity index (χ1v) is 6.18. The number of aryl methyl sites for hydroxylation is 1. The second-order valence-corrected chi connectivity index (χ2v) is 4.86. The second-order valence-electron chi connectivity index (χ2n) is 4.86. The Morgan fingerprint density at radius 2 is 1.94 bits per heavy atom. The molecule has 0 aliphatic heterocycles. The normalized spacial score (nSPS) is 12.6. The summed E-state index contributed by atoms with van der Waals surface area (Å²) in [6.45, 7) is 5.97. The molecule has 0 spiro atoms. The number of hydrogen-bond acceptors (Lipinski definition) is 3. The van der Waals surface area contributed by atoms with Crippen molar-refractivity contribution in [3.05, 3.63) is 29.3 Å². The Morgan fingerprint density at radius 3 is 2.44 bits per heavy atom. The highest BCUT2D eigenvalue weighted by Gasteiger charge is 2.22. The maximum absolute atomic E-state index is 12.2. The van der Waals surface area contributed by atoms with Crippen LogP contribution in [0.2, 0.25) is 0 Å². The molecule has 0 bridgehead atoms. The molecule has 1 aromatic rings. The van der Waals surface area contributed by atoms with E-state index in [9.17, 15) is 4.79 Å². The van der Waals surface area contributed by atoms with Crippen molar-refractivity contribution in [3.63, 3.8) is 0 Å². The fourth-order valence-corrected chi connectivity index (χ4v) is 2.11. The van der Waals surface area contributed by atoms with Crippen molar-refractivity contribution in [2.24, 2.45) is 5.92 Å². The molecule has 3 nitrogen and oxygen atoms in total. The number of benzene rings is 1. The molecule has 3 heteroatoms. The van der Waals surface area contributed by atoms with Crippen LogP contribution >= 0.6 is 0 Å². The van der Waals surface area contributed by atoms with Crippen molar-refractivity contribution < 1.29 is 14.3 Å². The van der Waals surface area contributed by atoms with Crippen LogP contribution < -0.4 is 4.74 Å². The van der Waals surface area contributed by atoms with E-state index in [0.29, 0.717) is 6.42 Å². The van der Waals surface area contributed by atoms with Crippen molar-refractivity contribution in [2.45, 2.75) is 33.3 Å². The van der Waals surface area contributed by atoms with E-state index < -0.39 is 0 Å². The molecule has 0 amide bonds. The molecule has 100 valence electrons. The molecule has 0 fully saturated rings. The standard InChI is InChI=1S/C15H22O3/c1-10(2)15(18-5)13(16)9-12-8-11(3)6-7-14(12)17-4/h6-8,10,15H,9H2,1-5H3. The lowest BCUT2D eigenvalue weighted by Crippen LogP contribution is -2.30. The molecule has 0 aliphatic rings. The molecular weight excluding hydrogens is 228 g/mol. The number of carbonyl (C=O) groups is 1. The SMILES string of the molecule is COc1ccc(C)cc1CC(=O)C(OC)C(C)C. The summed E-state index contributed by atoms with van der Waals surface area (Å²) in [6.07, 6.45) is -0.00290. The minimum absolute atomic E-state index is 0.0939. The first-order valence-electron chi connectivity index (χ1n) is 6.18. The Labute approximate surface area is 109 Å². The number of ether oxygens (including phenoxy) is 2. The zero-order chi connectivity index (χ0) is 13.7. The number of ketones is 1. The molecule has 0 saturated heterocycles. The number of methoxy groups -OCH3 is 2. The molecular formula is C15H22O3. The number of rotatable bonds is 6. The van der Waals surface area contributed by atoms with Gasteiger partial charge in [0, 0.05) is 19.1 Å². The fraction of sp³-hybridized carbons (Fsp3) is 0.533. The monoisotopic (exact) mass is 250 g/mol. The molecule has 1 unspecified atom stereocenters. The Balaban J connectivity index is 2.89. The first kappa shape index (κ1) is 14.7. The number of Topliss-reactive ketones (excluding diaryl/α,β-unsaturated/α-hetero) is 1. The van der Waals surface area contributed by atoms with Gasteiger partial charge in [-0.3, -0.25) is 4.79 Å². The second kappa shape index (κ2) is 6.55. The average Bonchev–Trinajstić information content (AvgIpc) is 2.29. The van der Waals surface area contributed by atoms with E-state index in [1.54, 1.807) is 14.2 Å². The van der Waals surface area contributed by atoms with Crippen LogP contribution in [0.1, 0.15) is 25.0 Å². The van der Waals surface area contributed by atoms with Crippen LogP contribution in [0.15, 0.2) is 18.2 Å². The predicted molar refractivity (Wildman–Crippen MR) is 72.1 cm³/mol. The van der Waals surface area contributed by atoms with Crippen LogP contribution in [0.5, 0.6) is 5.75 Å². The van der Waals surface area contributed by atoms with Crippen LogP contribution in [0.25, 0.3) is 0 Å². The number of carbonyl (C=O) groups excluding carboxylic acids is 1. The largest absolute Gasteiger partial charge is 0.496 e. The maximum atomic E-state index is 12.2. The maximum Gasteiger partial charge on any atom is 0.166 e. The Morgan fingerprint density at radius 1 is 1.28 bits per heavy atom. The molecule has 0 radical (unpaired) electrons. The van der Waals surface area contributed by atoms with Gasteiger partial charge < -0.3 is 9.47 Å². The zero-order valence-corrected chi connectivity index (χ0v) is 11.8. The van der Waals surface area contributed by atoms with Gasteiger partial charge in [0.15, 0.2) is 5.78 Å². The van der Waals surface area contributed by atoms with Gasteiger partial charge in [-0.05, 0) is 18.9 Å². The molecule has 0 saturated carbocycles. The van der Waals surface area contributed by atoms with Crippen molar-refractivity contribution in [1.29, 1.82) is 0 Å². The van der Waals surface area contributed by atoms with Gasteiger partial charge in [-0.25, -0.2) is 0 Å². The third-order valence-electron chi connectivity index (χ3n) is 2.98. The summed E-state index contributed by atoms with van der Waals surface area (Å²) in [5.41, 5.74) is 2.04. The summed E-state index contributed by atoms with van der Waals surface area (Å²) in [5.74, 6) is 1.03. The van der Waals surface area contributed by atoms with E-state index in [0.717, 1.165) is 16.9 Å². The predicted octanol–water partition coefficient (Wildman–Crippen LogP) is 2.79. The van der Waals surface area contributed by atoms with E-state index in [2.05, 4.69) is 0 Å². The van der Waals surface area contributed by atoms with E-state index in [-0.39, 0.29) is 17.8 Å². The van der Waals surface area contributed by atoms with Crippen molar-refractivity contribution in [2.75, 3.05) is 14.2 Å². The topological polar surface area (TPSA) is 35.5 Å². The Bertz CT molecular complexity index is 410. The van der Waals surface area contributed by atoms with E-state index in [1.807, 2.05) is 39.0 Å². The van der Waals surface area contributed by atoms with Gasteiger partial charge in [-0.15, -0.1) is 0 Å². The summed E-state index contributed by atoms with van der Waals surface area (Å²) in [4.78, 5) is 12.2. The van der Waals surface area contributed by atoms with Crippen LogP contribution in [0.3, 0.4) is 0 Å². The van der Waals surface area contributed by atoms with Gasteiger partial charge in [-0.1, -0.05) is 31.5 Å². The molecule has 1 atom stereocenters. The van der Waals surface area contributed by atoms with Gasteiger partial charge in [0.05, 0.1) is 7.11 Å².